The Morgan fingerprint density at radius 1 is 1.07 bits per heavy atom. The fraction of sp³-hybridized carbons (Fsp3) is 0.474. The average molecular weight is 391 g/mol. The molecule has 1 N–H and O–H groups in total. The number of carbonyl (C=O) groups is 2. The Kier molecular flexibility index (Phi) is 5.96. The lowest BCUT2D eigenvalue weighted by Gasteiger charge is -2.38. The number of rotatable bonds is 5. The summed E-state index contributed by atoms with van der Waals surface area (Å²) < 4.78 is 10.9. The van der Waals surface area contributed by atoms with Crippen LogP contribution in [0, 0.1) is 0 Å². The molecule has 1 aromatic carbocycles. The molecule has 2 aliphatic heterocycles. The third-order valence-corrected chi connectivity index (χ3v) is 5.66. The summed E-state index contributed by atoms with van der Waals surface area (Å²) in [5, 5.41) is 1.95. The second-order valence-corrected chi connectivity index (χ2v) is 7.75. The number of ether oxygens (including phenoxy) is 2. The Hall–Kier alpha value is -2.19. The van der Waals surface area contributed by atoms with Gasteiger partial charge in [0.1, 0.15) is 0 Å². The molecule has 0 unspecified atom stereocenters. The van der Waals surface area contributed by atoms with Gasteiger partial charge in [0.15, 0.2) is 11.5 Å². The van der Waals surface area contributed by atoms with Crippen LogP contribution in [0.3, 0.4) is 0 Å². The summed E-state index contributed by atoms with van der Waals surface area (Å²) in [5.41, 5.74) is 1.80. The normalized spacial score (nSPS) is 19.7. The van der Waals surface area contributed by atoms with Crippen LogP contribution in [-0.2, 0) is 4.79 Å². The van der Waals surface area contributed by atoms with Crippen molar-refractivity contribution < 1.29 is 19.1 Å². The monoisotopic (exact) mass is 391 g/mol. The van der Waals surface area contributed by atoms with Gasteiger partial charge in [0, 0.05) is 49.5 Å². The first-order valence-electron chi connectivity index (χ1n) is 8.92. The molecular formula is C19H25N3O4S. The van der Waals surface area contributed by atoms with Gasteiger partial charge in [-0.15, -0.1) is 0 Å². The summed E-state index contributed by atoms with van der Waals surface area (Å²) in [5.74, 6) is 0.861. The molecule has 2 aliphatic rings. The molecule has 2 saturated heterocycles. The third kappa shape index (κ3) is 4.22. The molecule has 0 bridgehead atoms. The van der Waals surface area contributed by atoms with Crippen LogP contribution in [-0.4, -0.2) is 62.5 Å². The lowest BCUT2D eigenvalue weighted by molar-refractivity contribution is -0.115. The molecule has 7 nitrogen and oxygen atoms in total. The molecule has 146 valence electrons. The topological polar surface area (TPSA) is 71.1 Å². The lowest BCUT2D eigenvalue weighted by Crippen LogP contribution is -2.49. The Morgan fingerprint density at radius 3 is 2.22 bits per heavy atom. The number of piperazine rings is 1. The highest BCUT2D eigenvalue weighted by molar-refractivity contribution is 8.18. The van der Waals surface area contributed by atoms with Crippen molar-refractivity contribution in [2.45, 2.75) is 19.9 Å². The Balaban J connectivity index is 1.97. The molecule has 27 heavy (non-hydrogen) atoms. The van der Waals surface area contributed by atoms with Crippen LogP contribution in [0.1, 0.15) is 19.4 Å². The van der Waals surface area contributed by atoms with E-state index in [9.17, 15) is 9.59 Å². The third-order valence-electron chi connectivity index (χ3n) is 4.85. The van der Waals surface area contributed by atoms with Crippen LogP contribution in [0.25, 0.3) is 6.08 Å². The molecule has 0 spiro atoms. The van der Waals surface area contributed by atoms with E-state index in [1.54, 1.807) is 20.3 Å². The van der Waals surface area contributed by atoms with Gasteiger partial charge in [-0.25, -0.2) is 0 Å². The highest BCUT2D eigenvalue weighted by Crippen LogP contribution is 2.38. The minimum Gasteiger partial charge on any atom is -0.493 e. The van der Waals surface area contributed by atoms with E-state index in [-0.39, 0.29) is 11.1 Å². The predicted octanol–water partition coefficient (Wildman–Crippen LogP) is 2.56. The molecule has 0 aromatic heterocycles. The van der Waals surface area contributed by atoms with Crippen molar-refractivity contribution in [3.05, 3.63) is 22.6 Å². The van der Waals surface area contributed by atoms with Gasteiger partial charge in [-0.2, -0.15) is 0 Å². The maximum atomic E-state index is 12.0. The Labute approximate surface area is 163 Å². The molecule has 8 heteroatoms. The number of hydrogen-bond donors (Lipinski definition) is 1. The van der Waals surface area contributed by atoms with Gasteiger partial charge in [-0.3, -0.25) is 19.8 Å². The quantitative estimate of drug-likeness (QED) is 0.774. The maximum absolute atomic E-state index is 12.0. The van der Waals surface area contributed by atoms with Crippen LogP contribution in [0.2, 0.25) is 0 Å². The summed E-state index contributed by atoms with van der Waals surface area (Å²) in [6, 6.07) is 4.31. The van der Waals surface area contributed by atoms with E-state index in [1.165, 1.54) is 0 Å². The van der Waals surface area contributed by atoms with Gasteiger partial charge in [-0.1, -0.05) is 0 Å². The second-order valence-electron chi connectivity index (χ2n) is 6.74. The largest absolute Gasteiger partial charge is 0.493 e. The zero-order valence-electron chi connectivity index (χ0n) is 16.1. The minimum absolute atomic E-state index is 0.348. The molecular weight excluding hydrogens is 366 g/mol. The fourth-order valence-corrected chi connectivity index (χ4v) is 3.99. The first-order valence-corrected chi connectivity index (χ1v) is 9.74. The van der Waals surface area contributed by atoms with E-state index in [4.69, 9.17) is 9.47 Å². The highest BCUT2D eigenvalue weighted by Gasteiger charge is 2.27. The number of nitrogens with zero attached hydrogens (tertiary/aromatic N) is 2. The summed E-state index contributed by atoms with van der Waals surface area (Å²) in [7, 11) is 3.19. The standard InChI is InChI=1S/C19H25N3O4S/c1-12(2)21-5-7-22(8-6-21)14-11-16(26-4)15(25-3)9-13(14)10-17-18(23)20-19(24)27-17/h9-12H,5-8H2,1-4H3,(H,20,23,24)/b17-10-. The van der Waals surface area contributed by atoms with E-state index in [0.717, 1.165) is 49.2 Å². The zero-order chi connectivity index (χ0) is 19.6. The second kappa shape index (κ2) is 8.22. The lowest BCUT2D eigenvalue weighted by atomic mass is 10.1. The molecule has 1 aromatic rings. The van der Waals surface area contributed by atoms with Crippen LogP contribution in [0.15, 0.2) is 17.0 Å². The van der Waals surface area contributed by atoms with E-state index >= 15 is 0 Å². The molecule has 3 rings (SSSR count). The Bertz CT molecular complexity index is 770. The van der Waals surface area contributed by atoms with Gasteiger partial charge in [0.05, 0.1) is 19.1 Å². The van der Waals surface area contributed by atoms with Gasteiger partial charge >= 0.3 is 0 Å². The van der Waals surface area contributed by atoms with Gasteiger partial charge in [-0.05, 0) is 37.8 Å². The molecule has 2 heterocycles. The van der Waals surface area contributed by atoms with Crippen molar-refractivity contribution in [3.8, 4) is 11.5 Å². The molecule has 0 radical (unpaired) electrons. The van der Waals surface area contributed by atoms with Crippen LogP contribution in [0.4, 0.5) is 10.5 Å². The van der Waals surface area contributed by atoms with Crippen molar-refractivity contribution in [3.63, 3.8) is 0 Å². The van der Waals surface area contributed by atoms with Gasteiger partial charge in [0.25, 0.3) is 11.1 Å². The fourth-order valence-electron chi connectivity index (χ4n) is 3.31. The van der Waals surface area contributed by atoms with Crippen molar-refractivity contribution in [1.29, 1.82) is 0 Å². The minimum atomic E-state index is -0.365. The summed E-state index contributed by atoms with van der Waals surface area (Å²) in [4.78, 5) is 28.6. The highest BCUT2D eigenvalue weighted by atomic mass is 32.2. The molecule has 2 fully saturated rings. The number of amides is 2. The van der Waals surface area contributed by atoms with Crippen LogP contribution in [0.5, 0.6) is 11.5 Å². The van der Waals surface area contributed by atoms with Crippen LogP contribution >= 0.6 is 11.8 Å². The van der Waals surface area contributed by atoms with Crippen molar-refractivity contribution in [2.75, 3.05) is 45.3 Å². The first-order chi connectivity index (χ1) is 12.9. The molecule has 0 aliphatic carbocycles. The summed E-state index contributed by atoms with van der Waals surface area (Å²) >= 11 is 0.914. The van der Waals surface area contributed by atoms with Crippen LogP contribution < -0.4 is 19.7 Å². The molecule has 0 saturated carbocycles. The van der Waals surface area contributed by atoms with Crippen molar-refractivity contribution >= 4 is 34.7 Å². The maximum Gasteiger partial charge on any atom is 0.290 e. The van der Waals surface area contributed by atoms with Gasteiger partial charge in [0.2, 0.25) is 0 Å². The van der Waals surface area contributed by atoms with E-state index in [0.29, 0.717) is 22.4 Å². The van der Waals surface area contributed by atoms with E-state index in [1.807, 2.05) is 12.1 Å². The first kappa shape index (κ1) is 19.6. The number of thioether (sulfide) groups is 1. The zero-order valence-corrected chi connectivity index (χ0v) is 16.9. The van der Waals surface area contributed by atoms with E-state index in [2.05, 4.69) is 29.0 Å². The summed E-state index contributed by atoms with van der Waals surface area (Å²) in [6.07, 6.45) is 1.75. The number of carbonyl (C=O) groups excluding carboxylic acids is 2. The number of benzene rings is 1. The number of hydrogen-bond acceptors (Lipinski definition) is 7. The number of anilines is 1. The summed E-state index contributed by atoms with van der Waals surface area (Å²) in [6.45, 7) is 8.10. The van der Waals surface area contributed by atoms with Crippen molar-refractivity contribution in [1.82, 2.24) is 10.2 Å². The van der Waals surface area contributed by atoms with E-state index < -0.39 is 0 Å². The van der Waals surface area contributed by atoms with Gasteiger partial charge < -0.3 is 14.4 Å². The SMILES string of the molecule is COc1cc(/C=C2\SC(=O)NC2=O)c(N2CCN(C(C)C)CC2)cc1OC. The smallest absolute Gasteiger partial charge is 0.290 e. The average Bonchev–Trinajstić information content (AvgIpc) is 2.98. The number of nitrogens with one attached hydrogen (secondary N) is 1. The van der Waals surface area contributed by atoms with Crippen molar-refractivity contribution in [2.24, 2.45) is 0 Å². The predicted molar refractivity (Wildman–Crippen MR) is 108 cm³/mol. The number of methoxy groups -OCH3 is 2. The molecule has 0 atom stereocenters. The number of imide groups is 1. The molecule has 2 amide bonds. The Morgan fingerprint density at radius 2 is 1.70 bits per heavy atom.